The molecule has 0 bridgehead atoms. The Morgan fingerprint density at radius 3 is 2.87 bits per heavy atom. The highest BCUT2D eigenvalue weighted by molar-refractivity contribution is 5.79. The first-order valence-corrected chi connectivity index (χ1v) is 5.70. The summed E-state index contributed by atoms with van der Waals surface area (Å²) < 4.78 is 5.52. The molecular weight excluding hydrogens is 192 g/mol. The maximum atomic E-state index is 12.1. The molecule has 4 heteroatoms. The summed E-state index contributed by atoms with van der Waals surface area (Å²) >= 11 is 0. The molecule has 0 aromatic heterocycles. The molecule has 3 atom stereocenters. The van der Waals surface area contributed by atoms with Crippen LogP contribution in [0.15, 0.2) is 0 Å². The number of likely N-dealkylation sites (N-methyl/N-ethyl adjacent to an activating group) is 1. The van der Waals surface area contributed by atoms with E-state index in [1.54, 1.807) is 4.90 Å². The van der Waals surface area contributed by atoms with Crippen LogP contribution in [0, 0.1) is 5.92 Å². The van der Waals surface area contributed by atoms with Crippen LogP contribution in [0.25, 0.3) is 0 Å². The van der Waals surface area contributed by atoms with Gasteiger partial charge in [0.2, 0.25) is 5.91 Å². The van der Waals surface area contributed by atoms with E-state index in [9.17, 15) is 4.79 Å². The first-order chi connectivity index (χ1) is 7.11. The number of hydrogen-bond donors (Lipinski definition) is 1. The quantitative estimate of drug-likeness (QED) is 0.746. The van der Waals surface area contributed by atoms with E-state index in [1.807, 2.05) is 14.0 Å². The predicted molar refractivity (Wildman–Crippen MR) is 59.4 cm³/mol. The van der Waals surface area contributed by atoms with Crippen molar-refractivity contribution in [3.63, 3.8) is 0 Å². The second-order valence-corrected chi connectivity index (χ2v) is 4.25. The van der Waals surface area contributed by atoms with Crippen molar-refractivity contribution in [1.29, 1.82) is 0 Å². The van der Waals surface area contributed by atoms with Gasteiger partial charge in [-0.1, -0.05) is 6.92 Å². The smallest absolute Gasteiger partial charge is 0.228 e. The van der Waals surface area contributed by atoms with Gasteiger partial charge in [-0.3, -0.25) is 4.79 Å². The van der Waals surface area contributed by atoms with Gasteiger partial charge in [0.1, 0.15) is 0 Å². The maximum absolute atomic E-state index is 12.1. The lowest BCUT2D eigenvalue weighted by molar-refractivity contribution is -0.137. The Morgan fingerprint density at radius 1 is 1.67 bits per heavy atom. The molecule has 0 radical (unpaired) electrons. The average molecular weight is 214 g/mol. The molecule has 1 saturated heterocycles. The molecule has 1 aliphatic heterocycles. The Morgan fingerprint density at radius 2 is 2.33 bits per heavy atom. The van der Waals surface area contributed by atoms with Crippen LogP contribution in [0.1, 0.15) is 26.7 Å². The number of nitrogens with zero attached hydrogens (tertiary/aromatic N) is 1. The number of ether oxygens (including phenoxy) is 1. The highest BCUT2D eigenvalue weighted by Gasteiger charge is 2.35. The molecule has 0 aliphatic carbocycles. The van der Waals surface area contributed by atoms with Gasteiger partial charge in [0.15, 0.2) is 0 Å². The van der Waals surface area contributed by atoms with E-state index < -0.39 is 0 Å². The van der Waals surface area contributed by atoms with E-state index in [1.165, 1.54) is 0 Å². The van der Waals surface area contributed by atoms with Crippen molar-refractivity contribution < 1.29 is 9.53 Å². The van der Waals surface area contributed by atoms with Gasteiger partial charge in [-0.05, 0) is 19.8 Å². The van der Waals surface area contributed by atoms with Gasteiger partial charge in [0.05, 0.1) is 12.0 Å². The van der Waals surface area contributed by atoms with Gasteiger partial charge in [-0.25, -0.2) is 0 Å². The highest BCUT2D eigenvalue weighted by Crippen LogP contribution is 2.25. The Kier molecular flexibility index (Phi) is 4.54. The molecule has 1 amide bonds. The Balaban J connectivity index is 2.59. The van der Waals surface area contributed by atoms with E-state index >= 15 is 0 Å². The number of hydrogen-bond acceptors (Lipinski definition) is 3. The second kappa shape index (κ2) is 5.47. The molecule has 1 aliphatic rings. The zero-order valence-electron chi connectivity index (χ0n) is 9.90. The lowest BCUT2D eigenvalue weighted by Gasteiger charge is -2.28. The molecule has 3 unspecified atom stereocenters. The molecular formula is C11H22N2O2. The fourth-order valence-electron chi connectivity index (χ4n) is 1.97. The molecule has 0 spiro atoms. The summed E-state index contributed by atoms with van der Waals surface area (Å²) in [5, 5.41) is 0. The summed E-state index contributed by atoms with van der Waals surface area (Å²) in [5.41, 5.74) is 5.55. The molecule has 2 N–H and O–H groups in total. The molecule has 0 aromatic carbocycles. The van der Waals surface area contributed by atoms with Crippen LogP contribution in [0.2, 0.25) is 0 Å². The Hall–Kier alpha value is -0.610. The Labute approximate surface area is 91.8 Å². The molecule has 88 valence electrons. The minimum atomic E-state index is 0.0361. The fraction of sp³-hybridized carbons (Fsp3) is 0.909. The molecule has 0 aromatic rings. The van der Waals surface area contributed by atoms with Crippen LogP contribution in [0.3, 0.4) is 0 Å². The number of amides is 1. The van der Waals surface area contributed by atoms with Gasteiger partial charge >= 0.3 is 0 Å². The third-order valence-corrected chi connectivity index (χ3v) is 3.28. The van der Waals surface area contributed by atoms with Crippen molar-refractivity contribution in [1.82, 2.24) is 4.90 Å². The van der Waals surface area contributed by atoms with Crippen molar-refractivity contribution in [3.05, 3.63) is 0 Å². The van der Waals surface area contributed by atoms with E-state index in [0.29, 0.717) is 13.2 Å². The van der Waals surface area contributed by atoms with Gasteiger partial charge in [-0.15, -0.1) is 0 Å². The zero-order chi connectivity index (χ0) is 11.4. The van der Waals surface area contributed by atoms with Gasteiger partial charge in [0, 0.05) is 26.2 Å². The summed E-state index contributed by atoms with van der Waals surface area (Å²) in [7, 11) is 1.82. The molecule has 1 fully saturated rings. The number of carbonyl (C=O) groups is 1. The average Bonchev–Trinajstić information content (AvgIpc) is 2.73. The summed E-state index contributed by atoms with van der Waals surface area (Å²) in [5.74, 6) is 0.214. The topological polar surface area (TPSA) is 55.6 Å². The van der Waals surface area contributed by atoms with E-state index in [-0.39, 0.29) is 24.0 Å². The maximum Gasteiger partial charge on any atom is 0.228 e. The molecule has 1 rings (SSSR count). The summed E-state index contributed by atoms with van der Waals surface area (Å²) in [6, 6.07) is 0.107. The second-order valence-electron chi connectivity index (χ2n) is 4.25. The molecule has 15 heavy (non-hydrogen) atoms. The zero-order valence-corrected chi connectivity index (χ0v) is 9.90. The van der Waals surface area contributed by atoms with Crippen LogP contribution < -0.4 is 5.73 Å². The first-order valence-electron chi connectivity index (χ1n) is 5.70. The van der Waals surface area contributed by atoms with Crippen LogP contribution in [-0.2, 0) is 9.53 Å². The minimum absolute atomic E-state index is 0.0361. The van der Waals surface area contributed by atoms with Crippen molar-refractivity contribution >= 4 is 5.91 Å². The molecule has 4 nitrogen and oxygen atoms in total. The lowest BCUT2D eigenvalue weighted by atomic mass is 9.97. The van der Waals surface area contributed by atoms with E-state index in [2.05, 4.69) is 6.92 Å². The third-order valence-electron chi connectivity index (χ3n) is 3.28. The standard InChI is InChI=1S/C11H22N2O2/c1-4-10-9(5-6-15-10)11(14)13(3)8(2)7-12/h8-10H,4-7,12H2,1-3H3. The van der Waals surface area contributed by atoms with Crippen LogP contribution >= 0.6 is 0 Å². The summed E-state index contributed by atoms with van der Waals surface area (Å²) in [6.45, 7) is 5.24. The van der Waals surface area contributed by atoms with E-state index in [0.717, 1.165) is 12.8 Å². The van der Waals surface area contributed by atoms with Crippen molar-refractivity contribution in [2.75, 3.05) is 20.2 Å². The van der Waals surface area contributed by atoms with Gasteiger partial charge in [-0.2, -0.15) is 0 Å². The third kappa shape index (κ3) is 2.69. The number of carbonyl (C=O) groups excluding carboxylic acids is 1. The minimum Gasteiger partial charge on any atom is -0.377 e. The first kappa shape index (κ1) is 12.5. The largest absolute Gasteiger partial charge is 0.377 e. The van der Waals surface area contributed by atoms with Gasteiger partial charge < -0.3 is 15.4 Å². The monoisotopic (exact) mass is 214 g/mol. The van der Waals surface area contributed by atoms with E-state index in [4.69, 9.17) is 10.5 Å². The van der Waals surface area contributed by atoms with Crippen LogP contribution in [-0.4, -0.2) is 43.2 Å². The highest BCUT2D eigenvalue weighted by atomic mass is 16.5. The van der Waals surface area contributed by atoms with Gasteiger partial charge in [0.25, 0.3) is 0 Å². The summed E-state index contributed by atoms with van der Waals surface area (Å²) in [6.07, 6.45) is 1.85. The fourth-order valence-corrected chi connectivity index (χ4v) is 1.97. The predicted octanol–water partition coefficient (Wildman–Crippen LogP) is 0.607. The molecule has 1 heterocycles. The molecule has 0 saturated carbocycles. The van der Waals surface area contributed by atoms with Crippen molar-refractivity contribution in [3.8, 4) is 0 Å². The van der Waals surface area contributed by atoms with Crippen molar-refractivity contribution in [2.24, 2.45) is 11.7 Å². The number of nitrogens with two attached hydrogens (primary N) is 1. The Bertz CT molecular complexity index is 221. The normalized spacial score (nSPS) is 27.7. The SMILES string of the molecule is CCC1OCCC1C(=O)N(C)C(C)CN. The van der Waals surface area contributed by atoms with Crippen LogP contribution in [0.4, 0.5) is 0 Å². The lowest BCUT2D eigenvalue weighted by Crippen LogP contribution is -2.44. The van der Waals surface area contributed by atoms with Crippen molar-refractivity contribution in [2.45, 2.75) is 38.8 Å². The number of rotatable bonds is 4. The van der Waals surface area contributed by atoms with Crippen LogP contribution in [0.5, 0.6) is 0 Å². The summed E-state index contributed by atoms with van der Waals surface area (Å²) in [4.78, 5) is 13.9.